The number of piperazine rings is 1. The molecule has 1 aliphatic carbocycles. The smallest absolute Gasteiger partial charge is 0.246 e. The SMILES string of the molecule is CCC(CC)CN1C(=O)C(C2CC2)NC(=O)C1C(C)C. The van der Waals surface area contributed by atoms with Crippen LogP contribution >= 0.6 is 0 Å². The molecule has 1 aliphatic heterocycles. The molecule has 0 bridgehead atoms. The second-order valence-electron chi connectivity index (χ2n) is 6.69. The van der Waals surface area contributed by atoms with Crippen LogP contribution in [-0.2, 0) is 9.59 Å². The fourth-order valence-corrected chi connectivity index (χ4v) is 3.20. The highest BCUT2D eigenvalue weighted by Crippen LogP contribution is 2.36. The van der Waals surface area contributed by atoms with Gasteiger partial charge >= 0.3 is 0 Å². The molecule has 2 unspecified atom stereocenters. The summed E-state index contributed by atoms with van der Waals surface area (Å²) in [6.45, 7) is 9.09. The van der Waals surface area contributed by atoms with E-state index in [0.717, 1.165) is 32.2 Å². The minimum absolute atomic E-state index is 0.0439. The van der Waals surface area contributed by atoms with Crippen molar-refractivity contribution < 1.29 is 9.59 Å². The molecule has 0 aromatic heterocycles. The van der Waals surface area contributed by atoms with E-state index in [-0.39, 0.29) is 29.8 Å². The Morgan fingerprint density at radius 2 is 1.80 bits per heavy atom. The third-order valence-corrected chi connectivity index (χ3v) is 4.79. The number of nitrogens with zero attached hydrogens (tertiary/aromatic N) is 1. The highest BCUT2D eigenvalue weighted by Gasteiger charge is 2.47. The first-order chi connectivity index (χ1) is 9.49. The summed E-state index contributed by atoms with van der Waals surface area (Å²) in [5.74, 6) is 1.23. The summed E-state index contributed by atoms with van der Waals surface area (Å²) in [4.78, 5) is 27.0. The van der Waals surface area contributed by atoms with E-state index in [1.54, 1.807) is 0 Å². The van der Waals surface area contributed by atoms with Crippen molar-refractivity contribution in [2.24, 2.45) is 17.8 Å². The molecule has 0 radical (unpaired) electrons. The van der Waals surface area contributed by atoms with Crippen LogP contribution in [0.25, 0.3) is 0 Å². The molecule has 20 heavy (non-hydrogen) atoms. The van der Waals surface area contributed by atoms with E-state index >= 15 is 0 Å². The van der Waals surface area contributed by atoms with Crippen LogP contribution in [0.5, 0.6) is 0 Å². The molecular formula is C16H28N2O2. The Balaban J connectivity index is 2.18. The monoisotopic (exact) mass is 280 g/mol. The van der Waals surface area contributed by atoms with E-state index in [0.29, 0.717) is 11.8 Å². The van der Waals surface area contributed by atoms with Gasteiger partial charge in [-0.15, -0.1) is 0 Å². The predicted molar refractivity (Wildman–Crippen MR) is 79.1 cm³/mol. The minimum atomic E-state index is -0.293. The molecule has 0 spiro atoms. The zero-order valence-corrected chi connectivity index (χ0v) is 13.2. The highest BCUT2D eigenvalue weighted by molar-refractivity contribution is 5.97. The fraction of sp³-hybridized carbons (Fsp3) is 0.875. The summed E-state index contributed by atoms with van der Waals surface area (Å²) >= 11 is 0. The van der Waals surface area contributed by atoms with E-state index in [2.05, 4.69) is 19.2 Å². The summed E-state index contributed by atoms with van der Waals surface area (Å²) < 4.78 is 0. The molecule has 1 saturated carbocycles. The van der Waals surface area contributed by atoms with Crippen molar-refractivity contribution >= 4 is 11.8 Å². The standard InChI is InChI=1S/C16H28N2O2/c1-5-11(6-2)9-18-14(10(3)4)15(19)17-13(16(18)20)12-7-8-12/h10-14H,5-9H2,1-4H3,(H,17,19). The Morgan fingerprint density at radius 1 is 1.20 bits per heavy atom. The predicted octanol–water partition coefficient (Wildman–Crippen LogP) is 2.18. The van der Waals surface area contributed by atoms with Gasteiger partial charge in [-0.05, 0) is 30.6 Å². The third kappa shape index (κ3) is 2.99. The van der Waals surface area contributed by atoms with Gasteiger partial charge in [0.25, 0.3) is 0 Å². The molecule has 2 fully saturated rings. The molecule has 4 nitrogen and oxygen atoms in total. The summed E-state index contributed by atoms with van der Waals surface area (Å²) in [6, 6.07) is -0.551. The van der Waals surface area contributed by atoms with Gasteiger partial charge in [-0.25, -0.2) is 0 Å². The number of hydrogen-bond acceptors (Lipinski definition) is 2. The number of amides is 2. The van der Waals surface area contributed by atoms with Gasteiger partial charge in [-0.2, -0.15) is 0 Å². The Kier molecular flexibility index (Phi) is 4.71. The van der Waals surface area contributed by atoms with Crippen LogP contribution in [-0.4, -0.2) is 35.3 Å². The lowest BCUT2D eigenvalue weighted by Gasteiger charge is -2.42. The van der Waals surface area contributed by atoms with Crippen molar-refractivity contribution in [3.05, 3.63) is 0 Å². The molecule has 1 N–H and O–H groups in total. The molecular weight excluding hydrogens is 252 g/mol. The van der Waals surface area contributed by atoms with Crippen molar-refractivity contribution in [1.82, 2.24) is 10.2 Å². The number of rotatable bonds is 6. The van der Waals surface area contributed by atoms with Crippen molar-refractivity contribution in [3.63, 3.8) is 0 Å². The number of hydrogen-bond donors (Lipinski definition) is 1. The number of carbonyl (C=O) groups is 2. The van der Waals surface area contributed by atoms with Crippen molar-refractivity contribution in [3.8, 4) is 0 Å². The summed E-state index contributed by atoms with van der Waals surface area (Å²) in [5, 5.41) is 2.97. The fourth-order valence-electron chi connectivity index (χ4n) is 3.20. The second-order valence-corrected chi connectivity index (χ2v) is 6.69. The molecule has 2 rings (SSSR count). The summed E-state index contributed by atoms with van der Waals surface area (Å²) in [7, 11) is 0. The quantitative estimate of drug-likeness (QED) is 0.811. The molecule has 2 atom stereocenters. The van der Waals surface area contributed by atoms with Crippen LogP contribution in [0.15, 0.2) is 0 Å². The Morgan fingerprint density at radius 3 is 2.25 bits per heavy atom. The van der Waals surface area contributed by atoms with Gasteiger partial charge in [0.05, 0.1) is 0 Å². The first-order valence-corrected chi connectivity index (χ1v) is 8.10. The maximum Gasteiger partial charge on any atom is 0.246 e. The highest BCUT2D eigenvalue weighted by atomic mass is 16.2. The third-order valence-electron chi connectivity index (χ3n) is 4.79. The summed E-state index contributed by atoms with van der Waals surface area (Å²) in [6.07, 6.45) is 4.26. The first kappa shape index (κ1) is 15.3. The van der Waals surface area contributed by atoms with Gasteiger partial charge in [-0.3, -0.25) is 9.59 Å². The average molecular weight is 280 g/mol. The van der Waals surface area contributed by atoms with Crippen LogP contribution in [0, 0.1) is 17.8 Å². The van der Waals surface area contributed by atoms with Crippen LogP contribution in [0.4, 0.5) is 0 Å². The molecule has 0 aromatic rings. The van der Waals surface area contributed by atoms with Crippen LogP contribution in [0.1, 0.15) is 53.4 Å². The lowest BCUT2D eigenvalue weighted by atomic mass is 9.93. The zero-order chi connectivity index (χ0) is 14.9. The molecule has 1 heterocycles. The molecule has 4 heteroatoms. The molecule has 1 saturated heterocycles. The lowest BCUT2D eigenvalue weighted by molar-refractivity contribution is -0.152. The van der Waals surface area contributed by atoms with Crippen LogP contribution in [0.3, 0.4) is 0 Å². The maximum atomic E-state index is 12.7. The van der Waals surface area contributed by atoms with Crippen molar-refractivity contribution in [2.75, 3.05) is 6.54 Å². The van der Waals surface area contributed by atoms with Gasteiger partial charge in [0, 0.05) is 6.54 Å². The van der Waals surface area contributed by atoms with Gasteiger partial charge in [0.2, 0.25) is 11.8 Å². The molecule has 2 aliphatic rings. The van der Waals surface area contributed by atoms with Gasteiger partial charge < -0.3 is 10.2 Å². The minimum Gasteiger partial charge on any atom is -0.342 e. The van der Waals surface area contributed by atoms with Crippen LogP contribution < -0.4 is 5.32 Å². The first-order valence-electron chi connectivity index (χ1n) is 8.10. The van der Waals surface area contributed by atoms with Gasteiger partial charge in [0.15, 0.2) is 0 Å². The maximum absolute atomic E-state index is 12.7. The topological polar surface area (TPSA) is 49.4 Å². The Hall–Kier alpha value is -1.06. The van der Waals surface area contributed by atoms with Crippen molar-refractivity contribution in [1.29, 1.82) is 0 Å². The molecule has 0 aromatic carbocycles. The Labute approximate surface area is 122 Å². The van der Waals surface area contributed by atoms with E-state index in [4.69, 9.17) is 0 Å². The van der Waals surface area contributed by atoms with E-state index in [9.17, 15) is 9.59 Å². The van der Waals surface area contributed by atoms with Crippen LogP contribution in [0.2, 0.25) is 0 Å². The normalized spacial score (nSPS) is 27.4. The van der Waals surface area contributed by atoms with E-state index < -0.39 is 0 Å². The number of carbonyl (C=O) groups excluding carboxylic acids is 2. The summed E-state index contributed by atoms with van der Waals surface area (Å²) in [5.41, 5.74) is 0. The van der Waals surface area contributed by atoms with E-state index in [1.165, 1.54) is 0 Å². The molecule has 2 amide bonds. The van der Waals surface area contributed by atoms with Crippen molar-refractivity contribution in [2.45, 2.75) is 65.5 Å². The second kappa shape index (κ2) is 6.15. The van der Waals surface area contributed by atoms with Gasteiger partial charge in [0.1, 0.15) is 12.1 Å². The lowest BCUT2D eigenvalue weighted by Crippen LogP contribution is -2.66. The van der Waals surface area contributed by atoms with E-state index in [1.807, 2.05) is 18.7 Å². The number of nitrogens with one attached hydrogen (secondary N) is 1. The van der Waals surface area contributed by atoms with Gasteiger partial charge in [-0.1, -0.05) is 40.5 Å². The Bertz CT molecular complexity index is 373. The zero-order valence-electron chi connectivity index (χ0n) is 13.2. The molecule has 114 valence electrons. The average Bonchev–Trinajstić information content (AvgIpc) is 3.22. The largest absolute Gasteiger partial charge is 0.342 e.